The topological polar surface area (TPSA) is 22.1 Å². The van der Waals surface area contributed by atoms with E-state index in [2.05, 4.69) is 44.0 Å². The maximum absolute atomic E-state index is 5.17. The van der Waals surface area contributed by atoms with Gasteiger partial charge in [0.25, 0.3) is 0 Å². The summed E-state index contributed by atoms with van der Waals surface area (Å²) in [6, 6.07) is 6.30. The van der Waals surface area contributed by atoms with Crippen LogP contribution in [0.4, 0.5) is 0 Å². The fourth-order valence-corrected chi connectivity index (χ4v) is 1.50. The Morgan fingerprint density at radius 1 is 1.29 bits per heavy atom. The largest absolute Gasteiger partial charge is 0.380 e. The summed E-state index contributed by atoms with van der Waals surface area (Å²) in [5.74, 6) is 0.525. The normalized spacial score (nSPS) is 17.9. The summed E-state index contributed by atoms with van der Waals surface area (Å²) in [6.07, 6.45) is 0. The van der Waals surface area contributed by atoms with Crippen LogP contribution < -0.4 is 0 Å². The fourth-order valence-electron chi connectivity index (χ4n) is 1.50. The van der Waals surface area contributed by atoms with E-state index in [0.717, 1.165) is 13.2 Å². The molecule has 0 aliphatic carbocycles. The van der Waals surface area contributed by atoms with Crippen molar-refractivity contribution >= 4 is 0 Å². The first-order valence-electron chi connectivity index (χ1n) is 5.12. The fraction of sp³-hybridized carbons (Fsp3) is 0.583. The summed E-state index contributed by atoms with van der Waals surface area (Å²) in [4.78, 5) is 4.69. The second-order valence-electron chi connectivity index (χ2n) is 4.93. The van der Waals surface area contributed by atoms with Gasteiger partial charge in [0.1, 0.15) is 0 Å². The van der Waals surface area contributed by atoms with Crippen LogP contribution in [0.2, 0.25) is 0 Å². The zero-order valence-corrected chi connectivity index (χ0v) is 9.08. The SMILES string of the molecule is CC(C)(C)c1cccc(C2COC2)n1. The molecule has 2 heterocycles. The van der Waals surface area contributed by atoms with Gasteiger partial charge in [-0.2, -0.15) is 0 Å². The van der Waals surface area contributed by atoms with Crippen molar-refractivity contribution in [2.75, 3.05) is 13.2 Å². The van der Waals surface area contributed by atoms with Crippen LogP contribution in [0.3, 0.4) is 0 Å². The Hall–Kier alpha value is -0.890. The van der Waals surface area contributed by atoms with Gasteiger partial charge in [-0.15, -0.1) is 0 Å². The van der Waals surface area contributed by atoms with E-state index in [4.69, 9.17) is 4.74 Å². The molecule has 0 bridgehead atoms. The van der Waals surface area contributed by atoms with Crippen LogP contribution in [-0.2, 0) is 10.2 Å². The van der Waals surface area contributed by atoms with Gasteiger partial charge in [-0.1, -0.05) is 26.8 Å². The van der Waals surface area contributed by atoms with E-state index in [1.807, 2.05) is 0 Å². The second-order valence-corrected chi connectivity index (χ2v) is 4.93. The predicted molar refractivity (Wildman–Crippen MR) is 56.5 cm³/mol. The smallest absolute Gasteiger partial charge is 0.0572 e. The molecule has 0 N–H and O–H groups in total. The number of hydrogen-bond donors (Lipinski definition) is 0. The first-order valence-corrected chi connectivity index (χ1v) is 5.12. The van der Waals surface area contributed by atoms with Crippen molar-refractivity contribution in [3.8, 4) is 0 Å². The molecule has 1 fully saturated rings. The molecule has 2 heteroatoms. The summed E-state index contributed by atoms with van der Waals surface area (Å²) in [6.45, 7) is 8.24. The van der Waals surface area contributed by atoms with E-state index in [1.165, 1.54) is 11.4 Å². The first-order chi connectivity index (χ1) is 6.57. The molecule has 0 atom stereocenters. The van der Waals surface area contributed by atoms with E-state index in [0.29, 0.717) is 5.92 Å². The summed E-state index contributed by atoms with van der Waals surface area (Å²) < 4.78 is 5.17. The molecule has 2 rings (SSSR count). The number of hydrogen-bond acceptors (Lipinski definition) is 2. The van der Waals surface area contributed by atoms with Crippen LogP contribution >= 0.6 is 0 Å². The van der Waals surface area contributed by atoms with E-state index < -0.39 is 0 Å². The van der Waals surface area contributed by atoms with Crippen molar-refractivity contribution in [2.24, 2.45) is 0 Å². The molecule has 0 radical (unpaired) electrons. The third kappa shape index (κ3) is 1.80. The zero-order chi connectivity index (χ0) is 10.2. The van der Waals surface area contributed by atoms with Crippen molar-refractivity contribution in [3.05, 3.63) is 29.6 Å². The Morgan fingerprint density at radius 2 is 2.00 bits per heavy atom. The van der Waals surface area contributed by atoms with Gasteiger partial charge < -0.3 is 4.74 Å². The minimum atomic E-state index is 0.139. The lowest BCUT2D eigenvalue weighted by Gasteiger charge is -2.27. The molecule has 1 aromatic rings. The number of ether oxygens (including phenoxy) is 1. The van der Waals surface area contributed by atoms with Crippen LogP contribution in [0.1, 0.15) is 38.1 Å². The summed E-state index contributed by atoms with van der Waals surface area (Å²) >= 11 is 0. The summed E-state index contributed by atoms with van der Waals surface area (Å²) in [5, 5.41) is 0. The molecule has 1 aliphatic heterocycles. The summed E-state index contributed by atoms with van der Waals surface area (Å²) in [5.41, 5.74) is 2.49. The van der Waals surface area contributed by atoms with Crippen LogP contribution in [0.25, 0.3) is 0 Å². The highest BCUT2D eigenvalue weighted by Gasteiger charge is 2.23. The Morgan fingerprint density at radius 3 is 2.50 bits per heavy atom. The van der Waals surface area contributed by atoms with E-state index in [1.54, 1.807) is 0 Å². The maximum Gasteiger partial charge on any atom is 0.0572 e. The van der Waals surface area contributed by atoms with Gasteiger partial charge in [-0.05, 0) is 12.1 Å². The Bertz CT molecular complexity index is 323. The minimum Gasteiger partial charge on any atom is -0.380 e. The standard InChI is InChI=1S/C12H17NO/c1-12(2,3)11-6-4-5-10(13-11)9-7-14-8-9/h4-6,9H,7-8H2,1-3H3. The van der Waals surface area contributed by atoms with Crippen LogP contribution in [-0.4, -0.2) is 18.2 Å². The van der Waals surface area contributed by atoms with Gasteiger partial charge in [0.05, 0.1) is 13.2 Å². The highest BCUT2D eigenvalue weighted by Crippen LogP contribution is 2.25. The van der Waals surface area contributed by atoms with Crippen LogP contribution in [0.15, 0.2) is 18.2 Å². The quantitative estimate of drug-likeness (QED) is 0.680. The molecule has 1 saturated heterocycles. The van der Waals surface area contributed by atoms with Gasteiger partial charge in [-0.3, -0.25) is 4.98 Å². The molecule has 76 valence electrons. The second kappa shape index (κ2) is 3.35. The van der Waals surface area contributed by atoms with Crippen LogP contribution in [0.5, 0.6) is 0 Å². The molecular formula is C12H17NO. The van der Waals surface area contributed by atoms with E-state index >= 15 is 0 Å². The van der Waals surface area contributed by atoms with E-state index in [9.17, 15) is 0 Å². The van der Waals surface area contributed by atoms with Crippen molar-refractivity contribution in [1.82, 2.24) is 4.98 Å². The number of pyridine rings is 1. The molecule has 1 aromatic heterocycles. The van der Waals surface area contributed by atoms with Crippen molar-refractivity contribution in [2.45, 2.75) is 32.1 Å². The monoisotopic (exact) mass is 191 g/mol. The first kappa shape index (κ1) is 9.66. The lowest BCUT2D eigenvalue weighted by Crippen LogP contribution is -2.27. The van der Waals surface area contributed by atoms with Crippen LogP contribution in [0, 0.1) is 0 Å². The third-order valence-electron chi connectivity index (χ3n) is 2.60. The maximum atomic E-state index is 5.17. The van der Waals surface area contributed by atoms with Gasteiger partial charge in [-0.25, -0.2) is 0 Å². The van der Waals surface area contributed by atoms with Crippen molar-refractivity contribution in [1.29, 1.82) is 0 Å². The Labute approximate surface area is 85.3 Å². The van der Waals surface area contributed by atoms with Gasteiger partial charge in [0.2, 0.25) is 0 Å². The van der Waals surface area contributed by atoms with Crippen molar-refractivity contribution in [3.63, 3.8) is 0 Å². The van der Waals surface area contributed by atoms with Crippen molar-refractivity contribution < 1.29 is 4.74 Å². The molecule has 0 amide bonds. The Balaban J connectivity index is 2.26. The number of rotatable bonds is 1. The molecule has 2 nitrogen and oxygen atoms in total. The van der Waals surface area contributed by atoms with Gasteiger partial charge >= 0.3 is 0 Å². The lowest BCUT2D eigenvalue weighted by molar-refractivity contribution is 0.00658. The highest BCUT2D eigenvalue weighted by atomic mass is 16.5. The highest BCUT2D eigenvalue weighted by molar-refractivity contribution is 5.20. The number of aromatic nitrogens is 1. The summed E-state index contributed by atoms with van der Waals surface area (Å²) in [7, 11) is 0. The number of nitrogens with zero attached hydrogens (tertiary/aromatic N) is 1. The lowest BCUT2D eigenvalue weighted by atomic mass is 9.91. The van der Waals surface area contributed by atoms with Gasteiger partial charge in [0.15, 0.2) is 0 Å². The third-order valence-corrected chi connectivity index (χ3v) is 2.60. The molecule has 0 unspecified atom stereocenters. The average Bonchev–Trinajstić information content (AvgIpc) is 2.00. The molecule has 1 aliphatic rings. The predicted octanol–water partition coefficient (Wildman–Crippen LogP) is 2.49. The van der Waals surface area contributed by atoms with Gasteiger partial charge in [0, 0.05) is 22.7 Å². The molecular weight excluding hydrogens is 174 g/mol. The molecule has 0 aromatic carbocycles. The zero-order valence-electron chi connectivity index (χ0n) is 9.08. The molecule has 0 spiro atoms. The average molecular weight is 191 g/mol. The molecule has 14 heavy (non-hydrogen) atoms. The minimum absolute atomic E-state index is 0.139. The Kier molecular flexibility index (Phi) is 2.31. The molecule has 0 saturated carbocycles. The van der Waals surface area contributed by atoms with E-state index in [-0.39, 0.29) is 5.41 Å².